The number of aromatic nitrogens is 3. The van der Waals surface area contributed by atoms with Crippen LogP contribution in [0, 0.1) is 0 Å². The number of ether oxygens (including phenoxy) is 2. The Bertz CT molecular complexity index is 998. The van der Waals surface area contributed by atoms with E-state index in [4.69, 9.17) is 9.47 Å². The lowest BCUT2D eigenvalue weighted by Gasteiger charge is -2.08. The van der Waals surface area contributed by atoms with Gasteiger partial charge in [-0.15, -0.1) is 11.3 Å². The number of esters is 1. The molecule has 6 nitrogen and oxygen atoms in total. The molecule has 0 atom stereocenters. The zero-order valence-electron chi connectivity index (χ0n) is 15.7. The van der Waals surface area contributed by atoms with E-state index in [0.717, 1.165) is 12.1 Å². The molecule has 29 heavy (non-hydrogen) atoms. The van der Waals surface area contributed by atoms with Crippen molar-refractivity contribution in [2.75, 3.05) is 13.2 Å². The van der Waals surface area contributed by atoms with Crippen molar-refractivity contribution in [3.63, 3.8) is 0 Å². The predicted molar refractivity (Wildman–Crippen MR) is 101 cm³/mol. The molecule has 0 fully saturated rings. The first-order chi connectivity index (χ1) is 13.8. The molecule has 0 bridgehead atoms. The monoisotopic (exact) mass is 425 g/mol. The van der Waals surface area contributed by atoms with Gasteiger partial charge in [-0.1, -0.05) is 12.1 Å². The van der Waals surface area contributed by atoms with Gasteiger partial charge in [0.2, 0.25) is 5.88 Å². The van der Waals surface area contributed by atoms with Crippen LogP contribution in [0.3, 0.4) is 0 Å². The Morgan fingerprint density at radius 2 is 2.03 bits per heavy atom. The molecule has 0 aliphatic heterocycles. The molecule has 0 unspecified atom stereocenters. The molecule has 2 aromatic heterocycles. The summed E-state index contributed by atoms with van der Waals surface area (Å²) in [5.41, 5.74) is 0.296. The minimum atomic E-state index is -4.42. The van der Waals surface area contributed by atoms with Gasteiger partial charge in [0.25, 0.3) is 0 Å². The highest BCUT2D eigenvalue weighted by Crippen LogP contribution is 2.32. The zero-order chi connectivity index (χ0) is 21.0. The number of thiazole rings is 1. The molecule has 2 heterocycles. The fourth-order valence-corrected chi connectivity index (χ4v) is 3.41. The molecule has 0 N–H and O–H groups in total. The second-order valence-electron chi connectivity index (χ2n) is 5.88. The van der Waals surface area contributed by atoms with Crippen molar-refractivity contribution in [1.29, 1.82) is 0 Å². The summed E-state index contributed by atoms with van der Waals surface area (Å²) in [6, 6.07) is 5.01. The smallest absolute Gasteiger partial charge is 0.416 e. The topological polar surface area (TPSA) is 66.2 Å². The number of carbonyl (C=O) groups excluding carboxylic acids is 1. The first-order valence-corrected chi connectivity index (χ1v) is 9.69. The number of halogens is 3. The molecule has 154 valence electrons. The number of rotatable bonds is 7. The van der Waals surface area contributed by atoms with E-state index in [-0.39, 0.29) is 24.6 Å². The Kier molecular flexibility index (Phi) is 6.21. The van der Waals surface area contributed by atoms with Crippen LogP contribution < -0.4 is 4.74 Å². The van der Waals surface area contributed by atoms with Crippen LogP contribution in [-0.4, -0.2) is 33.9 Å². The number of alkyl halides is 3. The van der Waals surface area contributed by atoms with Crippen LogP contribution in [0.15, 0.2) is 35.8 Å². The minimum absolute atomic E-state index is 0.207. The van der Waals surface area contributed by atoms with Gasteiger partial charge in [0, 0.05) is 10.9 Å². The Balaban J connectivity index is 1.85. The number of carbonyl (C=O) groups is 1. The van der Waals surface area contributed by atoms with Crippen LogP contribution in [0.1, 0.15) is 34.8 Å². The molecule has 0 aliphatic rings. The van der Waals surface area contributed by atoms with Crippen molar-refractivity contribution in [2.24, 2.45) is 0 Å². The van der Waals surface area contributed by atoms with Crippen molar-refractivity contribution < 1.29 is 27.4 Å². The number of benzene rings is 1. The van der Waals surface area contributed by atoms with Crippen molar-refractivity contribution in [1.82, 2.24) is 14.8 Å². The summed E-state index contributed by atoms with van der Waals surface area (Å²) in [7, 11) is 0. The van der Waals surface area contributed by atoms with E-state index in [2.05, 4.69) is 10.1 Å². The average molecular weight is 425 g/mol. The predicted octanol–water partition coefficient (Wildman–Crippen LogP) is 4.65. The van der Waals surface area contributed by atoms with Gasteiger partial charge in [-0.25, -0.2) is 14.5 Å². The minimum Gasteiger partial charge on any atom is -0.478 e. The average Bonchev–Trinajstić information content (AvgIpc) is 3.30. The maximum Gasteiger partial charge on any atom is 0.416 e. The molecule has 3 aromatic rings. The molecule has 0 spiro atoms. The summed E-state index contributed by atoms with van der Waals surface area (Å²) in [5.74, 6) is -0.271. The lowest BCUT2D eigenvalue weighted by Crippen LogP contribution is -2.10. The van der Waals surface area contributed by atoms with E-state index < -0.39 is 17.7 Å². The van der Waals surface area contributed by atoms with Crippen LogP contribution in [0.4, 0.5) is 13.2 Å². The second kappa shape index (κ2) is 8.64. The molecule has 0 radical (unpaired) electrons. The largest absolute Gasteiger partial charge is 0.478 e. The Hall–Kier alpha value is -2.88. The molecule has 0 amide bonds. The number of nitrogens with zero attached hydrogens (tertiary/aromatic N) is 3. The Morgan fingerprint density at radius 3 is 2.72 bits per heavy atom. The SMILES string of the molecule is CCOC(=O)c1cnn(Cc2nc(-c3cccc(C(F)(F)F)c3)cs2)c1OCC. The molecular formula is C19H18F3N3O3S. The van der Waals surface area contributed by atoms with Gasteiger partial charge < -0.3 is 9.47 Å². The molecule has 10 heteroatoms. The first-order valence-electron chi connectivity index (χ1n) is 8.81. The van der Waals surface area contributed by atoms with Gasteiger partial charge in [-0.05, 0) is 26.0 Å². The van der Waals surface area contributed by atoms with Gasteiger partial charge in [0.1, 0.15) is 10.6 Å². The van der Waals surface area contributed by atoms with Crippen LogP contribution in [-0.2, 0) is 17.5 Å². The van der Waals surface area contributed by atoms with Crippen molar-refractivity contribution >= 4 is 17.3 Å². The van der Waals surface area contributed by atoms with Crippen molar-refractivity contribution in [3.05, 3.63) is 52.0 Å². The Labute approximate surface area is 168 Å². The third-order valence-corrected chi connectivity index (χ3v) is 4.72. The summed E-state index contributed by atoms with van der Waals surface area (Å²) >= 11 is 1.28. The first kappa shape index (κ1) is 20.8. The quantitative estimate of drug-likeness (QED) is 0.516. The van der Waals surface area contributed by atoms with Gasteiger partial charge in [-0.2, -0.15) is 18.3 Å². The van der Waals surface area contributed by atoms with E-state index >= 15 is 0 Å². The van der Waals surface area contributed by atoms with Crippen LogP contribution in [0.25, 0.3) is 11.3 Å². The number of hydrogen-bond acceptors (Lipinski definition) is 6. The summed E-state index contributed by atoms with van der Waals surface area (Å²) < 4.78 is 50.8. The van der Waals surface area contributed by atoms with E-state index in [9.17, 15) is 18.0 Å². The van der Waals surface area contributed by atoms with Gasteiger partial charge in [-0.3, -0.25) is 0 Å². The van der Waals surface area contributed by atoms with Crippen molar-refractivity contribution in [3.8, 4) is 17.1 Å². The van der Waals surface area contributed by atoms with Gasteiger partial charge >= 0.3 is 12.1 Å². The standard InChI is InChI=1S/C19H18F3N3O3S/c1-3-27-17-14(18(26)28-4-2)9-23-25(17)10-16-24-15(11-29-16)12-6-5-7-13(8-12)19(20,21)22/h5-9,11H,3-4,10H2,1-2H3. The van der Waals surface area contributed by atoms with Crippen LogP contribution >= 0.6 is 11.3 Å². The van der Waals surface area contributed by atoms with E-state index in [1.807, 2.05) is 0 Å². The van der Waals surface area contributed by atoms with E-state index in [1.54, 1.807) is 25.3 Å². The molecule has 1 aromatic carbocycles. The third kappa shape index (κ3) is 4.76. The van der Waals surface area contributed by atoms with E-state index in [1.165, 1.54) is 28.3 Å². The maximum absolute atomic E-state index is 12.9. The second-order valence-corrected chi connectivity index (χ2v) is 6.82. The highest BCUT2D eigenvalue weighted by molar-refractivity contribution is 7.09. The van der Waals surface area contributed by atoms with Crippen LogP contribution in [0.2, 0.25) is 0 Å². The van der Waals surface area contributed by atoms with Crippen molar-refractivity contribution in [2.45, 2.75) is 26.6 Å². The van der Waals surface area contributed by atoms with Crippen LogP contribution in [0.5, 0.6) is 5.88 Å². The molecule has 3 rings (SSSR count). The highest BCUT2D eigenvalue weighted by atomic mass is 32.1. The lowest BCUT2D eigenvalue weighted by molar-refractivity contribution is -0.137. The number of hydrogen-bond donors (Lipinski definition) is 0. The maximum atomic E-state index is 12.9. The normalized spacial score (nSPS) is 11.5. The molecular weight excluding hydrogens is 407 g/mol. The molecule has 0 saturated heterocycles. The zero-order valence-corrected chi connectivity index (χ0v) is 16.5. The fourth-order valence-electron chi connectivity index (χ4n) is 2.62. The fraction of sp³-hybridized carbons (Fsp3) is 0.316. The highest BCUT2D eigenvalue weighted by Gasteiger charge is 2.30. The summed E-state index contributed by atoms with van der Waals surface area (Å²) in [5, 5.41) is 6.46. The summed E-state index contributed by atoms with van der Waals surface area (Å²) in [6.07, 6.45) is -3.05. The summed E-state index contributed by atoms with van der Waals surface area (Å²) in [6.45, 7) is 4.24. The summed E-state index contributed by atoms with van der Waals surface area (Å²) in [4.78, 5) is 16.5. The lowest BCUT2D eigenvalue weighted by atomic mass is 10.1. The van der Waals surface area contributed by atoms with E-state index in [0.29, 0.717) is 22.9 Å². The third-order valence-electron chi connectivity index (χ3n) is 3.89. The molecule has 0 aliphatic carbocycles. The van der Waals surface area contributed by atoms with Gasteiger partial charge in [0.15, 0.2) is 0 Å². The van der Waals surface area contributed by atoms with Gasteiger partial charge in [0.05, 0.1) is 37.2 Å². The molecule has 0 saturated carbocycles. The Morgan fingerprint density at radius 1 is 1.24 bits per heavy atom.